The van der Waals surface area contributed by atoms with Crippen molar-refractivity contribution in [2.75, 3.05) is 11.5 Å². The van der Waals surface area contributed by atoms with Gasteiger partial charge in [0.1, 0.15) is 5.75 Å². The van der Waals surface area contributed by atoms with Gasteiger partial charge in [-0.05, 0) is 115 Å². The van der Waals surface area contributed by atoms with Crippen molar-refractivity contribution in [3.8, 4) is 5.75 Å². The molecule has 51 heavy (non-hydrogen) atoms. The molecule has 14 heteroatoms. The van der Waals surface area contributed by atoms with Gasteiger partial charge in [-0.15, -0.1) is 0 Å². The predicted molar refractivity (Wildman–Crippen MR) is 177 cm³/mol. The van der Waals surface area contributed by atoms with Crippen LogP contribution >= 0.6 is 0 Å². The van der Waals surface area contributed by atoms with Crippen molar-refractivity contribution in [3.63, 3.8) is 0 Å². The summed E-state index contributed by atoms with van der Waals surface area (Å²) in [5.41, 5.74) is 0.659. The van der Waals surface area contributed by atoms with Crippen molar-refractivity contribution in [1.82, 2.24) is 0 Å². The van der Waals surface area contributed by atoms with Crippen LogP contribution in [0.3, 0.4) is 0 Å². The lowest BCUT2D eigenvalue weighted by atomic mass is 9.58. The van der Waals surface area contributed by atoms with Crippen LogP contribution in [0.4, 0.5) is 32.0 Å². The van der Waals surface area contributed by atoms with Crippen LogP contribution in [-0.2, 0) is 26.6 Å². The molecule has 4 atom stereocenters. The fourth-order valence-electron chi connectivity index (χ4n) is 7.74. The van der Waals surface area contributed by atoms with Gasteiger partial charge in [0.15, 0.2) is 0 Å². The van der Waals surface area contributed by atoms with Crippen LogP contribution in [-0.4, -0.2) is 46.9 Å². The lowest BCUT2D eigenvalue weighted by Crippen LogP contribution is -2.46. The second-order valence-corrected chi connectivity index (χ2v) is 13.3. The Balaban J connectivity index is 1.34. The van der Waals surface area contributed by atoms with Gasteiger partial charge < -0.3 is 19.9 Å². The van der Waals surface area contributed by atoms with Crippen molar-refractivity contribution in [1.29, 1.82) is 0 Å². The third kappa shape index (κ3) is 7.09. The number of hydrogen-bond donors (Lipinski definition) is 3. The number of imide groups is 1. The Morgan fingerprint density at radius 1 is 0.922 bits per heavy atom. The number of aryl methyl sites for hydroxylation is 2. The van der Waals surface area contributed by atoms with Crippen LogP contribution in [0, 0.1) is 31.6 Å². The molecular formula is C37H34BF6NO6. The Labute approximate surface area is 290 Å². The summed E-state index contributed by atoms with van der Waals surface area (Å²) in [5, 5.41) is 31.6. The number of fused-ring (bicyclic) bond motifs is 3. The van der Waals surface area contributed by atoms with E-state index in [0.29, 0.717) is 45.7 Å². The van der Waals surface area contributed by atoms with Crippen molar-refractivity contribution < 1.29 is 55.8 Å². The minimum absolute atomic E-state index is 0.0767. The van der Waals surface area contributed by atoms with Gasteiger partial charge in [0.2, 0.25) is 11.8 Å². The quantitative estimate of drug-likeness (QED) is 0.0777. The maximum atomic E-state index is 14.0. The average Bonchev–Trinajstić information content (AvgIpc) is 3.32. The summed E-state index contributed by atoms with van der Waals surface area (Å²) < 4.78 is 88.1. The molecule has 1 aliphatic carbocycles. The average molecular weight is 713 g/mol. The zero-order valence-electron chi connectivity index (χ0n) is 27.6. The number of amides is 2. The summed E-state index contributed by atoms with van der Waals surface area (Å²) in [4.78, 5) is 28.1. The summed E-state index contributed by atoms with van der Waals surface area (Å²) in [6.07, 6.45) is -8.96. The Morgan fingerprint density at radius 3 is 2.10 bits per heavy atom. The molecule has 0 spiro atoms. The van der Waals surface area contributed by atoms with E-state index in [4.69, 9.17) is 4.65 Å². The highest BCUT2D eigenvalue weighted by Crippen LogP contribution is 2.52. The van der Waals surface area contributed by atoms with Crippen LogP contribution in [0.25, 0.3) is 11.6 Å². The number of anilines is 1. The number of alkyl halides is 6. The SMILES string of the molecule is Cc1cc(/C=C(/CC[C@H]2OB(O)C[C@H]3C2=C(CO)C[C@H]2C(=O)N(c4cc(C(F)(F)F)cc(C(F)(F)F)c4)C(=O)[C@H]23)c2ccccc2)cc(C)c1O. The van der Waals surface area contributed by atoms with Crippen LogP contribution < -0.4 is 4.90 Å². The van der Waals surface area contributed by atoms with Gasteiger partial charge in [-0.25, -0.2) is 4.90 Å². The number of halogens is 6. The number of nitrogens with zero attached hydrogens (tertiary/aromatic N) is 1. The molecule has 3 N–H and O–H groups in total. The number of hydrogen-bond acceptors (Lipinski definition) is 6. The monoisotopic (exact) mass is 713 g/mol. The molecular weight excluding hydrogens is 679 g/mol. The summed E-state index contributed by atoms with van der Waals surface area (Å²) in [5.74, 6) is -5.03. The van der Waals surface area contributed by atoms with Crippen LogP contribution in [0.15, 0.2) is 71.8 Å². The number of carbonyl (C=O) groups is 2. The van der Waals surface area contributed by atoms with Crippen molar-refractivity contribution >= 4 is 36.3 Å². The van der Waals surface area contributed by atoms with Crippen molar-refractivity contribution in [2.24, 2.45) is 17.8 Å². The molecule has 268 valence electrons. The first-order valence-corrected chi connectivity index (χ1v) is 16.4. The number of phenols is 1. The molecule has 7 nitrogen and oxygen atoms in total. The molecule has 2 aliphatic heterocycles. The third-order valence-electron chi connectivity index (χ3n) is 10.0. The molecule has 2 amide bonds. The maximum absolute atomic E-state index is 14.0. The summed E-state index contributed by atoms with van der Waals surface area (Å²) >= 11 is 0. The highest BCUT2D eigenvalue weighted by molar-refractivity contribution is 6.43. The Bertz CT molecular complexity index is 1870. The molecule has 2 fully saturated rings. The molecule has 0 bridgehead atoms. The van der Waals surface area contributed by atoms with Gasteiger partial charge in [0.05, 0.1) is 41.4 Å². The zero-order chi connectivity index (χ0) is 37.0. The van der Waals surface area contributed by atoms with E-state index in [1.54, 1.807) is 13.8 Å². The topological polar surface area (TPSA) is 107 Å². The van der Waals surface area contributed by atoms with Gasteiger partial charge in [0.25, 0.3) is 0 Å². The van der Waals surface area contributed by atoms with Crippen molar-refractivity contribution in [3.05, 3.63) is 105 Å². The number of aliphatic hydroxyl groups excluding tert-OH is 1. The fourth-order valence-corrected chi connectivity index (χ4v) is 7.74. The number of phenolic OH excluding ortho intramolecular Hbond substituents is 1. The number of rotatable bonds is 7. The molecule has 0 aromatic heterocycles. The van der Waals surface area contributed by atoms with Gasteiger partial charge in [-0.1, -0.05) is 36.4 Å². The Hall–Kier alpha value is -4.40. The van der Waals surface area contributed by atoms with Gasteiger partial charge in [0, 0.05) is 0 Å². The smallest absolute Gasteiger partial charge is 0.455 e. The van der Waals surface area contributed by atoms with E-state index in [2.05, 4.69) is 0 Å². The Kier molecular flexibility index (Phi) is 9.72. The summed E-state index contributed by atoms with van der Waals surface area (Å²) in [6, 6.07) is 13.7. The number of aliphatic hydroxyl groups is 1. The number of carbonyl (C=O) groups excluding carboxylic acids is 2. The number of benzene rings is 3. The lowest BCUT2D eigenvalue weighted by molar-refractivity contribution is -0.143. The first kappa shape index (κ1) is 36.4. The van der Waals surface area contributed by atoms with E-state index in [9.17, 15) is 51.2 Å². The second kappa shape index (κ2) is 13.6. The predicted octanol–water partition coefficient (Wildman–Crippen LogP) is 7.36. The number of allylic oxidation sites excluding steroid dienone is 1. The van der Waals surface area contributed by atoms with Crippen LogP contribution in [0.5, 0.6) is 5.75 Å². The zero-order valence-corrected chi connectivity index (χ0v) is 27.6. The van der Waals surface area contributed by atoms with Crippen LogP contribution in [0.1, 0.15) is 52.6 Å². The molecule has 0 radical (unpaired) electrons. The minimum Gasteiger partial charge on any atom is -0.507 e. The largest absolute Gasteiger partial charge is 0.507 e. The van der Waals surface area contributed by atoms with E-state index >= 15 is 0 Å². The standard InChI is InChI=1S/C37H34BF6NO6/c1-19-10-21(11-20(2)33(19)47)12-23(22-6-4-3-5-7-22)8-9-30-31-24(18-46)13-28-32(29(31)17-38(50)51-30)35(49)45(34(28)48)27-15-25(36(39,40)41)14-26(16-27)37(42,43)44/h3-7,10-12,14-16,28-30,32,46-47,50H,8-9,13,17-18H2,1-2H3/b23-12-/t28-,29+,30-,32-/m1/s1. The Morgan fingerprint density at radius 2 is 1.53 bits per heavy atom. The van der Waals surface area contributed by atoms with E-state index in [1.807, 2.05) is 48.5 Å². The lowest BCUT2D eigenvalue weighted by Gasteiger charge is -2.43. The maximum Gasteiger partial charge on any atom is 0.455 e. The molecule has 0 saturated carbocycles. The normalized spacial score (nSPS) is 22.8. The van der Waals surface area contributed by atoms with Gasteiger partial charge in [-0.2, -0.15) is 26.3 Å². The molecule has 0 unspecified atom stereocenters. The molecule has 3 aromatic rings. The molecule has 6 rings (SSSR count). The molecule has 3 aromatic carbocycles. The molecule has 2 saturated heterocycles. The third-order valence-corrected chi connectivity index (χ3v) is 10.0. The number of aromatic hydroxyl groups is 1. The molecule has 3 aliphatic rings. The van der Waals surface area contributed by atoms with E-state index in [0.717, 1.165) is 16.7 Å². The van der Waals surface area contributed by atoms with E-state index < -0.39 is 78.6 Å². The first-order chi connectivity index (χ1) is 24.0. The second-order valence-electron chi connectivity index (χ2n) is 13.3. The highest BCUT2D eigenvalue weighted by Gasteiger charge is 2.58. The van der Waals surface area contributed by atoms with E-state index in [1.165, 1.54) is 0 Å². The van der Waals surface area contributed by atoms with Gasteiger partial charge >= 0.3 is 19.5 Å². The summed E-state index contributed by atoms with van der Waals surface area (Å²) in [7, 11) is -1.41. The summed E-state index contributed by atoms with van der Waals surface area (Å²) in [6.45, 7) is 3.04. The fraction of sp³-hybridized carbons (Fsp3) is 0.351. The highest BCUT2D eigenvalue weighted by atomic mass is 19.4. The first-order valence-electron chi connectivity index (χ1n) is 16.4. The molecule has 2 heterocycles. The minimum atomic E-state index is -5.20. The van der Waals surface area contributed by atoms with E-state index in [-0.39, 0.29) is 31.0 Å². The van der Waals surface area contributed by atoms with Crippen molar-refractivity contribution in [2.45, 2.75) is 57.9 Å². The van der Waals surface area contributed by atoms with Crippen LogP contribution in [0.2, 0.25) is 6.32 Å². The van der Waals surface area contributed by atoms with Gasteiger partial charge in [-0.3, -0.25) is 9.59 Å².